The molecule has 154 valence electrons. The van der Waals surface area contributed by atoms with Crippen LogP contribution in [0.2, 0.25) is 5.02 Å². The van der Waals surface area contributed by atoms with Crippen LogP contribution in [0.3, 0.4) is 0 Å². The number of methoxy groups -OCH3 is 1. The molecule has 0 aliphatic heterocycles. The number of aromatic amines is 1. The number of nitrogens with zero attached hydrogens (tertiary/aromatic N) is 2. The molecule has 0 aliphatic carbocycles. The fourth-order valence-corrected chi connectivity index (χ4v) is 2.73. The van der Waals surface area contributed by atoms with Gasteiger partial charge in [0.15, 0.2) is 0 Å². The maximum Gasteiger partial charge on any atom is 0.263 e. The lowest BCUT2D eigenvalue weighted by atomic mass is 10.1. The van der Waals surface area contributed by atoms with E-state index in [1.165, 1.54) is 12.5 Å². The Hall–Kier alpha value is -3.65. The lowest BCUT2D eigenvalue weighted by Gasteiger charge is -2.16. The number of nitrogens with one attached hydrogen (secondary N) is 3. The topological polar surface area (TPSA) is 108 Å². The quantitative estimate of drug-likeness (QED) is 0.380. The summed E-state index contributed by atoms with van der Waals surface area (Å²) in [5, 5.41) is 7.31. The van der Waals surface area contributed by atoms with Gasteiger partial charge in [0.25, 0.3) is 11.8 Å². The smallest absolute Gasteiger partial charge is 0.263 e. The molecule has 2 aromatic carbocycles. The molecule has 3 N–H and O–H groups in total. The molecule has 0 bridgehead atoms. The summed E-state index contributed by atoms with van der Waals surface area (Å²) in [6.07, 6.45) is 4.82. The van der Waals surface area contributed by atoms with Crippen LogP contribution in [0.25, 0.3) is 0 Å². The molecule has 1 aromatic heterocycles. The predicted octanol–water partition coefficient (Wildman–Crippen LogP) is 2.56. The first-order valence-electron chi connectivity index (χ1n) is 9.06. The van der Waals surface area contributed by atoms with Gasteiger partial charge in [0, 0.05) is 28.9 Å². The minimum absolute atomic E-state index is 0.226. The molecule has 1 atom stereocenters. The first-order valence-corrected chi connectivity index (χ1v) is 9.43. The van der Waals surface area contributed by atoms with Gasteiger partial charge >= 0.3 is 0 Å². The molecule has 3 aromatic rings. The molecule has 0 fully saturated rings. The Bertz CT molecular complexity index is 1000. The summed E-state index contributed by atoms with van der Waals surface area (Å²) in [5.41, 5.74) is 4.34. The number of hydrazone groups is 1. The van der Waals surface area contributed by atoms with Crippen molar-refractivity contribution in [3.63, 3.8) is 0 Å². The number of halogens is 1. The van der Waals surface area contributed by atoms with E-state index in [0.29, 0.717) is 22.0 Å². The summed E-state index contributed by atoms with van der Waals surface area (Å²) in [6.45, 7) is 0. The first-order chi connectivity index (χ1) is 14.5. The van der Waals surface area contributed by atoms with Crippen LogP contribution in [-0.2, 0) is 11.2 Å². The second kappa shape index (κ2) is 10.2. The highest BCUT2D eigenvalue weighted by Gasteiger charge is 2.22. The molecule has 0 aliphatic rings. The summed E-state index contributed by atoms with van der Waals surface area (Å²) < 4.78 is 5.10. The van der Waals surface area contributed by atoms with Crippen molar-refractivity contribution in [1.82, 2.24) is 20.7 Å². The third kappa shape index (κ3) is 5.92. The zero-order valence-corrected chi connectivity index (χ0v) is 16.9. The zero-order valence-electron chi connectivity index (χ0n) is 16.1. The number of rotatable bonds is 8. The van der Waals surface area contributed by atoms with E-state index < -0.39 is 11.9 Å². The van der Waals surface area contributed by atoms with Crippen molar-refractivity contribution in [1.29, 1.82) is 0 Å². The summed E-state index contributed by atoms with van der Waals surface area (Å²) in [4.78, 5) is 32.1. The average Bonchev–Trinajstić information content (AvgIpc) is 3.28. The predicted molar refractivity (Wildman–Crippen MR) is 114 cm³/mol. The van der Waals surface area contributed by atoms with Crippen molar-refractivity contribution < 1.29 is 14.3 Å². The van der Waals surface area contributed by atoms with Crippen molar-refractivity contribution in [3.05, 3.63) is 82.9 Å². The number of H-pyrrole nitrogens is 1. The summed E-state index contributed by atoms with van der Waals surface area (Å²) in [7, 11) is 1.55. The molecule has 0 saturated carbocycles. The minimum atomic E-state index is -0.859. The van der Waals surface area contributed by atoms with Crippen LogP contribution in [0.1, 0.15) is 21.6 Å². The highest BCUT2D eigenvalue weighted by atomic mass is 35.5. The molecule has 0 spiro atoms. The second-order valence-electron chi connectivity index (χ2n) is 6.32. The molecule has 0 saturated heterocycles. The van der Waals surface area contributed by atoms with Gasteiger partial charge in [-0.05, 0) is 42.0 Å². The van der Waals surface area contributed by atoms with Crippen LogP contribution in [0, 0.1) is 0 Å². The fraction of sp³-hybridized carbons (Fsp3) is 0.143. The third-order valence-electron chi connectivity index (χ3n) is 4.21. The van der Waals surface area contributed by atoms with Crippen LogP contribution in [-0.4, -0.2) is 41.1 Å². The minimum Gasteiger partial charge on any atom is -0.497 e. The van der Waals surface area contributed by atoms with Gasteiger partial charge in [0.05, 0.1) is 19.7 Å². The Balaban J connectivity index is 1.68. The van der Waals surface area contributed by atoms with E-state index in [2.05, 4.69) is 25.8 Å². The van der Waals surface area contributed by atoms with E-state index in [9.17, 15) is 9.59 Å². The van der Waals surface area contributed by atoms with Crippen molar-refractivity contribution in [2.45, 2.75) is 12.5 Å². The fourth-order valence-electron chi connectivity index (χ4n) is 2.61. The summed E-state index contributed by atoms with van der Waals surface area (Å²) in [6, 6.07) is 12.7. The van der Waals surface area contributed by atoms with Gasteiger partial charge in [-0.25, -0.2) is 10.4 Å². The van der Waals surface area contributed by atoms with Gasteiger partial charge in [0.2, 0.25) is 0 Å². The number of imidazole rings is 1. The van der Waals surface area contributed by atoms with Crippen molar-refractivity contribution in [2.75, 3.05) is 7.11 Å². The average molecular weight is 426 g/mol. The standard InChI is InChI=1S/C21H20ClN5O3/c1-30-18-8-4-15(5-9-18)20(28)26-19(10-17-12-23-13-24-17)21(29)27-25-11-14-2-6-16(22)7-3-14/h2-9,11-13,19H,10H2,1H3,(H,23,24)(H,26,28)(H,27,29)/b25-11+/t19-/m0/s1. The van der Waals surface area contributed by atoms with E-state index in [4.69, 9.17) is 16.3 Å². The van der Waals surface area contributed by atoms with Crippen LogP contribution >= 0.6 is 11.6 Å². The molecule has 9 heteroatoms. The highest BCUT2D eigenvalue weighted by molar-refractivity contribution is 6.30. The molecule has 0 radical (unpaired) electrons. The molecule has 0 unspecified atom stereocenters. The Labute approximate surface area is 178 Å². The van der Waals surface area contributed by atoms with Crippen LogP contribution in [0.4, 0.5) is 0 Å². The van der Waals surface area contributed by atoms with Gasteiger partial charge < -0.3 is 15.0 Å². The normalized spacial score (nSPS) is 11.8. The molecular weight excluding hydrogens is 406 g/mol. The van der Waals surface area contributed by atoms with Crippen molar-refractivity contribution in [3.8, 4) is 5.75 Å². The molecule has 8 nitrogen and oxygen atoms in total. The van der Waals surface area contributed by atoms with E-state index in [1.54, 1.807) is 61.8 Å². The van der Waals surface area contributed by atoms with Gasteiger partial charge in [-0.15, -0.1) is 0 Å². The maximum atomic E-state index is 12.7. The van der Waals surface area contributed by atoms with Gasteiger partial charge in [-0.2, -0.15) is 5.10 Å². The first kappa shape index (κ1) is 21.1. The number of aromatic nitrogens is 2. The largest absolute Gasteiger partial charge is 0.497 e. The SMILES string of the molecule is COc1ccc(C(=O)N[C@@H](Cc2cnc[nH]2)C(=O)N/N=C/c2ccc(Cl)cc2)cc1. The van der Waals surface area contributed by atoms with Gasteiger partial charge in [0.1, 0.15) is 11.8 Å². The lowest BCUT2D eigenvalue weighted by Crippen LogP contribution is -2.46. The van der Waals surface area contributed by atoms with Crippen LogP contribution in [0.15, 0.2) is 66.2 Å². The van der Waals surface area contributed by atoms with E-state index in [1.807, 2.05) is 0 Å². The zero-order chi connectivity index (χ0) is 21.3. The monoisotopic (exact) mass is 425 g/mol. The number of hydrogen-bond acceptors (Lipinski definition) is 5. The number of amides is 2. The Morgan fingerprint density at radius 2 is 1.93 bits per heavy atom. The highest BCUT2D eigenvalue weighted by Crippen LogP contribution is 2.12. The Morgan fingerprint density at radius 3 is 2.57 bits per heavy atom. The van der Waals surface area contributed by atoms with E-state index in [0.717, 1.165) is 5.56 Å². The Kier molecular flexibility index (Phi) is 7.18. The van der Waals surface area contributed by atoms with Gasteiger partial charge in [-0.3, -0.25) is 9.59 Å². The van der Waals surface area contributed by atoms with Crippen molar-refractivity contribution >= 4 is 29.6 Å². The molecule has 2 amide bonds. The lowest BCUT2D eigenvalue weighted by molar-refractivity contribution is -0.122. The molecule has 1 heterocycles. The third-order valence-corrected chi connectivity index (χ3v) is 4.46. The summed E-state index contributed by atoms with van der Waals surface area (Å²) in [5.74, 6) is -0.217. The number of ether oxygens (including phenoxy) is 1. The van der Waals surface area contributed by atoms with E-state index in [-0.39, 0.29) is 12.3 Å². The number of carbonyl (C=O) groups is 2. The molecule has 30 heavy (non-hydrogen) atoms. The molecule has 3 rings (SSSR count). The van der Waals surface area contributed by atoms with E-state index >= 15 is 0 Å². The van der Waals surface area contributed by atoms with Gasteiger partial charge in [-0.1, -0.05) is 23.7 Å². The number of carbonyl (C=O) groups excluding carboxylic acids is 2. The van der Waals surface area contributed by atoms with Crippen LogP contribution in [0.5, 0.6) is 5.75 Å². The Morgan fingerprint density at radius 1 is 1.20 bits per heavy atom. The summed E-state index contributed by atoms with van der Waals surface area (Å²) >= 11 is 5.85. The van der Waals surface area contributed by atoms with Crippen LogP contribution < -0.4 is 15.5 Å². The van der Waals surface area contributed by atoms with Crippen molar-refractivity contribution in [2.24, 2.45) is 5.10 Å². The molecular formula is C21H20ClN5O3. The number of benzene rings is 2. The second-order valence-corrected chi connectivity index (χ2v) is 6.76. The number of hydrogen-bond donors (Lipinski definition) is 3. The maximum absolute atomic E-state index is 12.7.